The molecular formula is C108H142N16O19. The fourth-order valence-electron chi connectivity index (χ4n) is 17.3. The number of ether oxygens (including phenoxy) is 6. The van der Waals surface area contributed by atoms with Gasteiger partial charge >= 0.3 is 23.9 Å². The van der Waals surface area contributed by atoms with Gasteiger partial charge in [-0.05, 0) is 253 Å². The van der Waals surface area contributed by atoms with Crippen molar-refractivity contribution in [1.82, 2.24) is 60.8 Å². The molecule has 143 heavy (non-hydrogen) atoms. The summed E-state index contributed by atoms with van der Waals surface area (Å²) in [6.45, 7) is 53.9. The molecule has 4 aromatic heterocycles. The molecule has 35 heteroatoms. The Hall–Kier alpha value is -14.3. The minimum atomic E-state index is -0.508. The highest BCUT2D eigenvalue weighted by Gasteiger charge is 2.33. The quantitative estimate of drug-likeness (QED) is 0.00730. The topological polar surface area (TPSA) is 450 Å². The molecule has 0 bridgehead atoms. The highest BCUT2D eigenvalue weighted by molar-refractivity contribution is 6.37. The highest BCUT2D eigenvalue weighted by Crippen LogP contribution is 2.41. The number of nitrogens with zero attached hydrogens (tertiary/aromatic N) is 4. The number of anilines is 4. The van der Waals surface area contributed by atoms with Crippen molar-refractivity contribution in [2.75, 3.05) is 152 Å². The zero-order valence-electron chi connectivity index (χ0n) is 86.7. The molecule has 4 aliphatic rings. The molecule has 768 valence electrons. The first-order chi connectivity index (χ1) is 68.2. The number of carbonyl (C=O) groups is 13. The molecule has 12 N–H and O–H groups in total. The van der Waals surface area contributed by atoms with Gasteiger partial charge in [0.2, 0.25) is 0 Å². The Labute approximate surface area is 837 Å². The van der Waals surface area contributed by atoms with Crippen molar-refractivity contribution in [3.05, 3.63) is 196 Å². The van der Waals surface area contributed by atoms with Gasteiger partial charge in [-0.25, -0.2) is 0 Å². The van der Waals surface area contributed by atoms with E-state index in [2.05, 4.69) is 137 Å². The molecule has 0 fully saturated rings. The summed E-state index contributed by atoms with van der Waals surface area (Å²) in [5.74, 6) is -2.06. The molecule has 2 atom stereocenters. The summed E-state index contributed by atoms with van der Waals surface area (Å²) in [7, 11) is 0. The third-order valence-corrected chi connectivity index (χ3v) is 25.2. The molecule has 0 saturated carbocycles. The molecule has 12 rings (SSSR count). The van der Waals surface area contributed by atoms with Crippen molar-refractivity contribution in [3.63, 3.8) is 0 Å². The lowest BCUT2D eigenvalue weighted by molar-refractivity contribution is -0.147. The van der Waals surface area contributed by atoms with Gasteiger partial charge in [-0.3, -0.25) is 62.3 Å². The Morgan fingerprint density at radius 1 is 0.357 bits per heavy atom. The number of rotatable bonds is 44. The largest absolute Gasteiger partial charge is 0.490 e. The van der Waals surface area contributed by atoms with Crippen LogP contribution in [0.5, 0.6) is 11.5 Å². The average molecular weight is 1970 g/mol. The summed E-state index contributed by atoms with van der Waals surface area (Å²) < 4.78 is 31.4. The summed E-state index contributed by atoms with van der Waals surface area (Å²) in [5, 5.41) is 23.5. The number of aryl methyl sites for hydroxylation is 5. The minimum absolute atomic E-state index is 0.0838. The third-order valence-electron chi connectivity index (χ3n) is 25.2. The highest BCUT2D eigenvalue weighted by atomic mass is 16.6. The van der Waals surface area contributed by atoms with E-state index in [4.69, 9.17) is 28.4 Å². The van der Waals surface area contributed by atoms with Crippen LogP contribution >= 0.6 is 0 Å². The number of Topliss-reactive ketones (excluding diaryl/α,β-unsaturated/α-hetero) is 1. The predicted molar refractivity (Wildman–Crippen MR) is 557 cm³/mol. The molecule has 8 heterocycles. The van der Waals surface area contributed by atoms with Crippen LogP contribution in [-0.2, 0) is 74.9 Å². The van der Waals surface area contributed by atoms with Gasteiger partial charge in [-0.1, -0.05) is 67.5 Å². The summed E-state index contributed by atoms with van der Waals surface area (Å²) in [6.07, 6.45) is 8.02. The normalized spacial score (nSPS) is 14.1. The van der Waals surface area contributed by atoms with Crippen LogP contribution in [0, 0.1) is 55.4 Å². The fourth-order valence-corrected chi connectivity index (χ4v) is 17.3. The van der Waals surface area contributed by atoms with Crippen LogP contribution in [0.2, 0.25) is 0 Å². The second-order valence-electron chi connectivity index (χ2n) is 35.4. The average Bonchev–Trinajstić information content (AvgIpc) is 1.64. The lowest BCUT2D eigenvalue weighted by atomic mass is 9.99. The molecule has 4 aromatic carbocycles. The molecular weight excluding hydrogens is 1830 g/mol. The van der Waals surface area contributed by atoms with Crippen LogP contribution in [0.15, 0.2) is 72.8 Å². The molecule has 35 nitrogen and oxygen atoms in total. The first-order valence-corrected chi connectivity index (χ1v) is 49.0. The van der Waals surface area contributed by atoms with E-state index in [0.717, 1.165) is 152 Å². The van der Waals surface area contributed by atoms with Crippen molar-refractivity contribution in [2.45, 2.75) is 184 Å². The van der Waals surface area contributed by atoms with Crippen molar-refractivity contribution >= 4 is 146 Å². The van der Waals surface area contributed by atoms with Crippen LogP contribution in [0.4, 0.5) is 22.7 Å². The van der Waals surface area contributed by atoms with Crippen molar-refractivity contribution < 1.29 is 90.8 Å². The fraction of sp³-hybridized carbons (Fsp3) is 0.435. The number of benzene rings is 4. The van der Waals surface area contributed by atoms with Crippen LogP contribution in [0.25, 0.3) is 46.6 Å². The first-order valence-electron chi connectivity index (χ1n) is 49.0. The number of H-pyrrole nitrogens is 4. The van der Waals surface area contributed by atoms with Gasteiger partial charge in [0.25, 0.3) is 47.3 Å². The van der Waals surface area contributed by atoms with Gasteiger partial charge in [0.15, 0.2) is 5.78 Å². The number of amides is 8. The standard InChI is InChI=1S/C28H38N4O4.C27H36N4O5.C27H34N4O5.C26H34N4O5/c1-7-32(8-2)14-13-29-28(35)26-18(4)25(30-19(26)5)16-23-22-15-21(10-9-17(3)36-20(6)33)11-12-24(22)31-27(23)34;1-7-31(8-2)12-11-28-27(34)25-17(4)24(29-18(25)5)14-22-21-13-20(9-10-23(21)30-26(22)33)35-15-16(3)36-19(6)32;1-6-31(7-2)11-10-28-27(35)25-16(3)24(29-17(25)4)14-22-21-13-19(8-9-23(21)30-26(22)34)12-20(33)15-36-18(5)32;1-6-30(7-2)11-10-27-26(33)24-16(3)23(28-17(24)4)15-21-20-14-19(35-13-12-34-18(5)31)8-9-22(20)29-25(21)32/h11-12,15-17,30H,7-10,13-14H2,1-6H3,(H,29,35)(H,31,34);9-10,13-14,16,29H,7-8,11-12,15H2,1-6H3,(H,28,34)(H,30,33);8-9,13-14,29H,6-7,10-12,15H2,1-5H3,(H,28,35)(H,30,34);8-9,14-15,28H,6-7,10-13H2,1-5H3,(H,27,33)(H,29,32)/b23-16-;2*22-14-;21-15-. The minimum Gasteiger partial charge on any atom is -0.490 e. The Morgan fingerprint density at radius 3 is 0.965 bits per heavy atom. The lowest BCUT2D eigenvalue weighted by Gasteiger charge is -2.18. The number of likely N-dealkylation sites (N-methyl/N-ethyl adjacent to an activating group) is 4. The summed E-state index contributed by atoms with van der Waals surface area (Å²) in [4.78, 5) is 181. The number of hydrogen-bond donors (Lipinski definition) is 12. The van der Waals surface area contributed by atoms with Crippen LogP contribution < -0.4 is 52.0 Å². The van der Waals surface area contributed by atoms with Crippen molar-refractivity contribution in [1.29, 1.82) is 0 Å². The Bertz CT molecular complexity index is 5940. The number of carbonyl (C=O) groups excluding carboxylic acids is 13. The number of esters is 4. The van der Waals surface area contributed by atoms with E-state index in [1.807, 2.05) is 86.6 Å². The Balaban J connectivity index is 0.000000213. The van der Waals surface area contributed by atoms with Crippen molar-refractivity contribution in [3.8, 4) is 11.5 Å². The first kappa shape index (κ1) is 112. The second kappa shape index (κ2) is 53.5. The number of ketones is 1. The smallest absolute Gasteiger partial charge is 0.303 e. The van der Waals surface area contributed by atoms with Gasteiger partial charge in [0, 0.05) is 177 Å². The maximum absolute atomic E-state index is 12.9. The summed E-state index contributed by atoms with van der Waals surface area (Å²) in [6, 6.07) is 21.8. The number of fused-ring (bicyclic) bond motifs is 4. The predicted octanol–water partition coefficient (Wildman–Crippen LogP) is 13.6. The lowest BCUT2D eigenvalue weighted by Crippen LogP contribution is -2.35. The van der Waals surface area contributed by atoms with Crippen LogP contribution in [-0.4, -0.2) is 260 Å². The molecule has 0 spiro atoms. The summed E-state index contributed by atoms with van der Waals surface area (Å²) >= 11 is 0. The Morgan fingerprint density at radius 2 is 0.650 bits per heavy atom. The molecule has 4 aliphatic heterocycles. The van der Waals surface area contributed by atoms with E-state index in [1.54, 1.807) is 79.7 Å². The number of aromatic amines is 4. The number of hydrogen-bond acceptors (Lipinski definition) is 23. The maximum Gasteiger partial charge on any atom is 0.303 e. The SMILES string of the molecule is CCN(CC)CCNC(=O)c1c(C)[nH]c(/C=C2\C(=O)Nc3ccc(CC(=O)COC(C)=O)cc32)c1C.CCN(CC)CCNC(=O)c1c(C)[nH]c(/C=C2\C(=O)Nc3ccc(CCC(C)OC(C)=O)cc32)c1C.CCN(CC)CCNC(=O)c1c(C)[nH]c(/C=C2\C(=O)Nc3ccc(OCC(C)OC(C)=O)cc32)c1C.CCN(CC)CCNC(=O)c1c(C)[nH]c(/C=C2\C(=O)Nc3ccc(OCCOC(C)=O)cc32)c1C. The molecule has 0 radical (unpaired) electrons. The van der Waals surface area contributed by atoms with Gasteiger partial charge in [-0.15, -0.1) is 0 Å². The number of nitrogens with one attached hydrogen (secondary N) is 12. The molecule has 8 aromatic rings. The second-order valence-corrected chi connectivity index (χ2v) is 35.4. The molecule has 0 saturated heterocycles. The van der Waals surface area contributed by atoms with E-state index in [-0.39, 0.29) is 110 Å². The van der Waals surface area contributed by atoms with Gasteiger partial charge in [-0.2, -0.15) is 0 Å². The number of aromatic nitrogens is 4. The van der Waals surface area contributed by atoms with Gasteiger partial charge < -0.3 is 110 Å². The maximum atomic E-state index is 12.9. The van der Waals surface area contributed by atoms with E-state index < -0.39 is 12.1 Å². The Kier molecular flexibility index (Phi) is 42.0. The van der Waals surface area contributed by atoms with E-state index >= 15 is 0 Å². The summed E-state index contributed by atoms with van der Waals surface area (Å²) in [5.41, 5.74) is 20.7. The van der Waals surface area contributed by atoms with Gasteiger partial charge in [0.1, 0.15) is 44.0 Å². The molecule has 0 aliphatic carbocycles. The van der Waals surface area contributed by atoms with Crippen molar-refractivity contribution in [2.24, 2.45) is 0 Å². The zero-order chi connectivity index (χ0) is 105. The molecule has 8 amide bonds. The van der Waals surface area contributed by atoms with E-state index in [1.165, 1.54) is 27.7 Å². The van der Waals surface area contributed by atoms with E-state index in [0.29, 0.717) is 145 Å². The monoisotopic (exact) mass is 1970 g/mol. The van der Waals surface area contributed by atoms with Crippen LogP contribution in [0.3, 0.4) is 0 Å². The van der Waals surface area contributed by atoms with Gasteiger partial charge in [0.05, 0.1) is 50.7 Å². The molecule has 2 unspecified atom stereocenters. The third kappa shape index (κ3) is 30.9. The zero-order valence-corrected chi connectivity index (χ0v) is 86.7. The van der Waals surface area contributed by atoms with Crippen LogP contribution in [0.1, 0.15) is 246 Å². The van der Waals surface area contributed by atoms with E-state index in [9.17, 15) is 62.3 Å².